The molecule has 2 aromatic rings. The molecule has 0 spiro atoms. The number of aromatic nitrogens is 1. The number of ketones is 1. The summed E-state index contributed by atoms with van der Waals surface area (Å²) in [5.74, 6) is -1.86. The van der Waals surface area contributed by atoms with Crippen molar-refractivity contribution in [3.63, 3.8) is 0 Å². The standard InChI is InChI=1S/C19H20F2N2O/c1-13-4-2-6-16(22-13)12-23-9-3-5-14(11-23)19(24)17-10-15(20)7-8-18(17)21/h2,4,6-8,10,14H,3,5,9,11-12H2,1H3/t14-/m0/s1. The summed E-state index contributed by atoms with van der Waals surface area (Å²) in [7, 11) is 0. The molecule has 1 saturated heterocycles. The summed E-state index contributed by atoms with van der Waals surface area (Å²) in [6, 6.07) is 8.91. The molecule has 1 fully saturated rings. The lowest BCUT2D eigenvalue weighted by Gasteiger charge is -2.31. The molecule has 126 valence electrons. The Kier molecular flexibility index (Phi) is 5.00. The first-order chi connectivity index (χ1) is 11.5. The van der Waals surface area contributed by atoms with Crippen molar-refractivity contribution in [2.24, 2.45) is 5.92 Å². The lowest BCUT2D eigenvalue weighted by Crippen LogP contribution is -2.38. The number of benzene rings is 1. The van der Waals surface area contributed by atoms with Gasteiger partial charge in [-0.1, -0.05) is 6.07 Å². The van der Waals surface area contributed by atoms with Gasteiger partial charge in [-0.05, 0) is 56.6 Å². The minimum Gasteiger partial charge on any atom is -0.297 e. The number of nitrogens with zero attached hydrogens (tertiary/aromatic N) is 2. The van der Waals surface area contributed by atoms with Gasteiger partial charge in [0.1, 0.15) is 11.6 Å². The lowest BCUT2D eigenvalue weighted by atomic mass is 9.89. The molecule has 0 unspecified atom stereocenters. The van der Waals surface area contributed by atoms with Crippen LogP contribution < -0.4 is 0 Å². The summed E-state index contributed by atoms with van der Waals surface area (Å²) < 4.78 is 27.2. The highest BCUT2D eigenvalue weighted by atomic mass is 19.1. The van der Waals surface area contributed by atoms with Gasteiger partial charge < -0.3 is 0 Å². The van der Waals surface area contributed by atoms with E-state index in [0.717, 1.165) is 42.6 Å². The third kappa shape index (κ3) is 3.85. The second-order valence-electron chi connectivity index (χ2n) is 6.33. The smallest absolute Gasteiger partial charge is 0.170 e. The quantitative estimate of drug-likeness (QED) is 0.800. The average molecular weight is 330 g/mol. The number of hydrogen-bond donors (Lipinski definition) is 0. The molecular formula is C19H20F2N2O. The van der Waals surface area contributed by atoms with E-state index in [1.54, 1.807) is 0 Å². The Morgan fingerprint density at radius 2 is 2.12 bits per heavy atom. The fourth-order valence-corrected chi connectivity index (χ4v) is 3.24. The number of rotatable bonds is 4. The van der Waals surface area contributed by atoms with Gasteiger partial charge in [0.15, 0.2) is 5.78 Å². The van der Waals surface area contributed by atoms with E-state index in [4.69, 9.17) is 0 Å². The van der Waals surface area contributed by atoms with Crippen LogP contribution in [-0.4, -0.2) is 28.8 Å². The van der Waals surface area contributed by atoms with Crippen LogP contribution in [0.3, 0.4) is 0 Å². The molecule has 1 aliphatic rings. The third-order valence-electron chi connectivity index (χ3n) is 4.40. The zero-order valence-corrected chi connectivity index (χ0v) is 13.6. The van der Waals surface area contributed by atoms with E-state index >= 15 is 0 Å². The van der Waals surface area contributed by atoms with Crippen LogP contribution in [0.2, 0.25) is 0 Å². The molecule has 5 heteroatoms. The number of carbonyl (C=O) groups excluding carboxylic acids is 1. The van der Waals surface area contributed by atoms with Crippen molar-refractivity contribution in [3.05, 3.63) is 65.0 Å². The molecule has 0 aliphatic carbocycles. The number of hydrogen-bond acceptors (Lipinski definition) is 3. The molecule has 0 saturated carbocycles. The molecule has 0 N–H and O–H groups in total. The van der Waals surface area contributed by atoms with E-state index in [1.165, 1.54) is 0 Å². The molecule has 1 aromatic heterocycles. The van der Waals surface area contributed by atoms with Crippen LogP contribution in [0.1, 0.15) is 34.6 Å². The molecule has 24 heavy (non-hydrogen) atoms. The number of halogens is 2. The Labute approximate surface area is 140 Å². The molecule has 0 bridgehead atoms. The zero-order valence-electron chi connectivity index (χ0n) is 13.6. The van der Waals surface area contributed by atoms with Crippen LogP contribution in [0, 0.1) is 24.5 Å². The number of carbonyl (C=O) groups is 1. The van der Waals surface area contributed by atoms with Crippen molar-refractivity contribution < 1.29 is 13.6 Å². The number of Topliss-reactive ketones (excluding diaryl/α,β-unsaturated/α-hetero) is 1. The lowest BCUT2D eigenvalue weighted by molar-refractivity contribution is 0.0805. The molecule has 0 amide bonds. The number of pyridine rings is 1. The first-order valence-electron chi connectivity index (χ1n) is 8.17. The summed E-state index contributed by atoms with van der Waals surface area (Å²) in [6.45, 7) is 4.03. The van der Waals surface area contributed by atoms with Crippen LogP contribution in [0.4, 0.5) is 8.78 Å². The largest absolute Gasteiger partial charge is 0.297 e. The second kappa shape index (κ2) is 7.18. The number of aryl methyl sites for hydroxylation is 1. The molecule has 3 rings (SSSR count). The molecule has 1 aromatic carbocycles. The van der Waals surface area contributed by atoms with Gasteiger partial charge in [0.2, 0.25) is 0 Å². The summed E-state index contributed by atoms with van der Waals surface area (Å²) >= 11 is 0. The van der Waals surface area contributed by atoms with Crippen molar-refractivity contribution in [2.75, 3.05) is 13.1 Å². The molecule has 1 atom stereocenters. The van der Waals surface area contributed by atoms with Gasteiger partial charge >= 0.3 is 0 Å². The summed E-state index contributed by atoms with van der Waals surface area (Å²) in [5, 5.41) is 0. The van der Waals surface area contributed by atoms with Crippen LogP contribution in [-0.2, 0) is 6.54 Å². The van der Waals surface area contributed by atoms with E-state index in [2.05, 4.69) is 9.88 Å². The van der Waals surface area contributed by atoms with E-state index in [1.807, 2.05) is 25.1 Å². The highest BCUT2D eigenvalue weighted by Gasteiger charge is 2.28. The van der Waals surface area contributed by atoms with Crippen molar-refractivity contribution in [3.8, 4) is 0 Å². The monoisotopic (exact) mass is 330 g/mol. The van der Waals surface area contributed by atoms with Crippen molar-refractivity contribution in [2.45, 2.75) is 26.3 Å². The average Bonchev–Trinajstić information content (AvgIpc) is 2.57. The van der Waals surface area contributed by atoms with E-state index in [9.17, 15) is 13.6 Å². The Bertz CT molecular complexity index is 748. The topological polar surface area (TPSA) is 33.2 Å². The molecule has 0 radical (unpaired) electrons. The highest BCUT2D eigenvalue weighted by Crippen LogP contribution is 2.24. The summed E-state index contributed by atoms with van der Waals surface area (Å²) in [6.07, 6.45) is 1.56. The predicted octanol–water partition coefficient (Wildman–Crippen LogP) is 3.76. The maximum atomic E-state index is 13.9. The normalized spacial score (nSPS) is 18.5. The first-order valence-corrected chi connectivity index (χ1v) is 8.17. The van der Waals surface area contributed by atoms with Crippen molar-refractivity contribution >= 4 is 5.78 Å². The Morgan fingerprint density at radius 3 is 2.92 bits per heavy atom. The van der Waals surface area contributed by atoms with E-state index in [-0.39, 0.29) is 17.3 Å². The maximum Gasteiger partial charge on any atom is 0.170 e. The Balaban J connectivity index is 1.71. The van der Waals surface area contributed by atoms with Crippen LogP contribution >= 0.6 is 0 Å². The van der Waals surface area contributed by atoms with Gasteiger partial charge in [-0.3, -0.25) is 14.7 Å². The third-order valence-corrected chi connectivity index (χ3v) is 4.40. The first kappa shape index (κ1) is 16.7. The second-order valence-corrected chi connectivity index (χ2v) is 6.33. The fourth-order valence-electron chi connectivity index (χ4n) is 3.24. The molecule has 1 aliphatic heterocycles. The molecule has 2 heterocycles. The van der Waals surface area contributed by atoms with Crippen LogP contribution in [0.25, 0.3) is 0 Å². The summed E-state index contributed by atoms with van der Waals surface area (Å²) in [4.78, 5) is 19.2. The van der Waals surface area contributed by atoms with Gasteiger partial charge in [0, 0.05) is 24.7 Å². The van der Waals surface area contributed by atoms with E-state index in [0.29, 0.717) is 19.5 Å². The predicted molar refractivity (Wildman–Crippen MR) is 87.7 cm³/mol. The van der Waals surface area contributed by atoms with Crippen LogP contribution in [0.15, 0.2) is 36.4 Å². The summed E-state index contributed by atoms with van der Waals surface area (Å²) in [5.41, 5.74) is 1.77. The SMILES string of the molecule is Cc1cccc(CN2CCC[C@H](C(=O)c3cc(F)ccc3F)C2)n1. The van der Waals surface area contributed by atoms with Gasteiger partial charge in [0.25, 0.3) is 0 Å². The van der Waals surface area contributed by atoms with Gasteiger partial charge in [-0.25, -0.2) is 8.78 Å². The zero-order chi connectivity index (χ0) is 17.1. The van der Waals surface area contributed by atoms with Crippen LogP contribution in [0.5, 0.6) is 0 Å². The minimum absolute atomic E-state index is 0.143. The van der Waals surface area contributed by atoms with Crippen molar-refractivity contribution in [1.82, 2.24) is 9.88 Å². The Hall–Kier alpha value is -2.14. The number of likely N-dealkylation sites (tertiary alicyclic amines) is 1. The van der Waals surface area contributed by atoms with Crippen molar-refractivity contribution in [1.29, 1.82) is 0 Å². The fraction of sp³-hybridized carbons (Fsp3) is 0.368. The van der Waals surface area contributed by atoms with Gasteiger partial charge in [-0.2, -0.15) is 0 Å². The highest BCUT2D eigenvalue weighted by molar-refractivity contribution is 5.98. The van der Waals surface area contributed by atoms with Gasteiger partial charge in [0.05, 0.1) is 11.3 Å². The van der Waals surface area contributed by atoms with E-state index < -0.39 is 11.6 Å². The molecule has 3 nitrogen and oxygen atoms in total. The minimum atomic E-state index is -0.654. The Morgan fingerprint density at radius 1 is 1.29 bits per heavy atom. The molecular weight excluding hydrogens is 310 g/mol. The number of piperidine rings is 1. The maximum absolute atomic E-state index is 13.9. The van der Waals surface area contributed by atoms with Gasteiger partial charge in [-0.15, -0.1) is 0 Å².